The van der Waals surface area contributed by atoms with Crippen molar-refractivity contribution in [2.45, 2.75) is 6.92 Å². The molecule has 0 spiro atoms. The van der Waals surface area contributed by atoms with Gasteiger partial charge in [-0.05, 0) is 24.6 Å². The van der Waals surface area contributed by atoms with Gasteiger partial charge in [0.1, 0.15) is 11.8 Å². The van der Waals surface area contributed by atoms with Crippen molar-refractivity contribution in [2.24, 2.45) is 5.73 Å². The number of oxazole rings is 1. The Labute approximate surface area is 123 Å². The lowest BCUT2D eigenvalue weighted by Crippen LogP contribution is -2.19. The summed E-state index contributed by atoms with van der Waals surface area (Å²) >= 11 is 0. The number of nitrogens with zero attached hydrogens (tertiary/aromatic N) is 3. The fourth-order valence-corrected chi connectivity index (χ4v) is 2.06. The molecule has 3 rings (SSSR count). The molecule has 2 heterocycles. The highest BCUT2D eigenvalue weighted by Crippen LogP contribution is 2.25. The molecule has 2 aromatic heterocycles. The Balaban J connectivity index is 2.07. The van der Waals surface area contributed by atoms with Gasteiger partial charge in [-0.25, -0.2) is 14.6 Å². The first-order valence-electron chi connectivity index (χ1n) is 6.19. The van der Waals surface area contributed by atoms with E-state index >= 15 is 0 Å². The van der Waals surface area contributed by atoms with Crippen LogP contribution in [-0.4, -0.2) is 31.6 Å². The highest BCUT2D eigenvalue weighted by molar-refractivity contribution is 5.88. The first-order valence-corrected chi connectivity index (χ1v) is 6.19. The average Bonchev–Trinajstić information content (AvgIpc) is 3.03. The van der Waals surface area contributed by atoms with Gasteiger partial charge in [0.15, 0.2) is 11.3 Å². The van der Waals surface area contributed by atoms with Crippen LogP contribution < -0.4 is 11.1 Å². The van der Waals surface area contributed by atoms with Crippen LogP contribution in [0.1, 0.15) is 16.1 Å². The van der Waals surface area contributed by atoms with E-state index in [0.29, 0.717) is 16.8 Å². The smallest absolute Gasteiger partial charge is 0.356 e. The summed E-state index contributed by atoms with van der Waals surface area (Å²) in [6.07, 6.45) is 2.79. The highest BCUT2D eigenvalue weighted by atomic mass is 16.4. The predicted octanol–water partition coefficient (Wildman–Crippen LogP) is 1.51. The van der Waals surface area contributed by atoms with Gasteiger partial charge in [-0.2, -0.15) is 4.98 Å². The number of nitrogens with two attached hydrogens (primary N) is 1. The van der Waals surface area contributed by atoms with Crippen LogP contribution in [0.5, 0.6) is 0 Å². The maximum absolute atomic E-state index is 10.9. The molecule has 0 atom stereocenters. The van der Waals surface area contributed by atoms with Gasteiger partial charge in [0, 0.05) is 11.9 Å². The Kier molecular flexibility index (Phi) is 3.02. The van der Waals surface area contributed by atoms with Crippen molar-refractivity contribution in [3.05, 3.63) is 35.9 Å². The van der Waals surface area contributed by atoms with Gasteiger partial charge in [0.25, 0.3) is 0 Å². The van der Waals surface area contributed by atoms with E-state index < -0.39 is 12.0 Å². The lowest BCUT2D eigenvalue weighted by Gasteiger charge is -2.03. The predicted molar refractivity (Wildman–Crippen MR) is 76.0 cm³/mol. The number of nitrogens with one attached hydrogen (secondary N) is 1. The van der Waals surface area contributed by atoms with Crippen LogP contribution in [0.3, 0.4) is 0 Å². The fourth-order valence-electron chi connectivity index (χ4n) is 2.06. The molecule has 9 nitrogen and oxygen atoms in total. The minimum Gasteiger partial charge on any atom is -0.476 e. The number of carbonyl (C=O) groups excluding carboxylic acids is 1. The Hall–Kier alpha value is -3.36. The molecule has 3 aromatic rings. The number of carboxylic acids is 1. The number of imidazole rings is 1. The first kappa shape index (κ1) is 13.6. The summed E-state index contributed by atoms with van der Waals surface area (Å²) < 4.78 is 6.96. The normalized spacial score (nSPS) is 10.8. The van der Waals surface area contributed by atoms with E-state index in [0.717, 1.165) is 5.56 Å². The zero-order valence-electron chi connectivity index (χ0n) is 11.4. The number of hydrogen-bond acceptors (Lipinski definition) is 5. The van der Waals surface area contributed by atoms with Crippen molar-refractivity contribution in [3.63, 3.8) is 0 Å². The summed E-state index contributed by atoms with van der Waals surface area (Å²) in [5.41, 5.74) is 7.40. The van der Waals surface area contributed by atoms with E-state index in [4.69, 9.17) is 15.3 Å². The van der Waals surface area contributed by atoms with Gasteiger partial charge in [-0.3, -0.25) is 5.32 Å². The number of rotatable bonds is 3. The van der Waals surface area contributed by atoms with Crippen molar-refractivity contribution in [2.75, 3.05) is 5.32 Å². The lowest BCUT2D eigenvalue weighted by atomic mass is 10.2. The Morgan fingerprint density at radius 2 is 2.18 bits per heavy atom. The summed E-state index contributed by atoms with van der Waals surface area (Å²) in [5.74, 6) is -1.11. The molecule has 0 bridgehead atoms. The Bertz CT molecular complexity index is 895. The van der Waals surface area contributed by atoms with Gasteiger partial charge >= 0.3 is 18.0 Å². The SMILES string of the molecule is Cc1cc(-n2cnc(C(=O)O)c2)cc2nc(NC(N)=O)oc12. The topological polar surface area (TPSA) is 136 Å². The number of aryl methyl sites for hydroxylation is 1. The summed E-state index contributed by atoms with van der Waals surface area (Å²) in [7, 11) is 0. The highest BCUT2D eigenvalue weighted by Gasteiger charge is 2.13. The zero-order valence-corrected chi connectivity index (χ0v) is 11.4. The second kappa shape index (κ2) is 4.88. The molecule has 0 aliphatic heterocycles. The molecule has 0 radical (unpaired) electrons. The standard InChI is InChI=1S/C13H11N5O4/c1-6-2-7(18-4-9(11(19)20)15-5-18)3-8-10(6)22-13(16-8)17-12(14)21/h2-5H,1H3,(H,19,20)(H3,14,16,17,21). The minimum absolute atomic E-state index is 0.000365. The number of anilines is 1. The quantitative estimate of drug-likeness (QED) is 0.670. The van der Waals surface area contributed by atoms with Gasteiger partial charge in [-0.15, -0.1) is 0 Å². The van der Waals surface area contributed by atoms with E-state index in [2.05, 4.69) is 15.3 Å². The third kappa shape index (κ3) is 2.35. The van der Waals surface area contributed by atoms with E-state index in [9.17, 15) is 9.59 Å². The Morgan fingerprint density at radius 1 is 1.41 bits per heavy atom. The van der Waals surface area contributed by atoms with Gasteiger partial charge in [0.2, 0.25) is 0 Å². The molecule has 0 fully saturated rings. The second-order valence-electron chi connectivity index (χ2n) is 4.59. The average molecular weight is 301 g/mol. The van der Waals surface area contributed by atoms with Crippen molar-refractivity contribution >= 4 is 29.1 Å². The van der Waals surface area contributed by atoms with Crippen LogP contribution in [0.15, 0.2) is 29.1 Å². The second-order valence-corrected chi connectivity index (χ2v) is 4.59. The van der Waals surface area contributed by atoms with E-state index in [1.165, 1.54) is 12.5 Å². The maximum atomic E-state index is 10.9. The largest absolute Gasteiger partial charge is 0.476 e. The van der Waals surface area contributed by atoms with Crippen molar-refractivity contribution < 1.29 is 19.1 Å². The van der Waals surface area contributed by atoms with E-state index in [1.807, 2.05) is 0 Å². The van der Waals surface area contributed by atoms with E-state index in [1.54, 1.807) is 23.6 Å². The van der Waals surface area contributed by atoms with Gasteiger partial charge in [-0.1, -0.05) is 0 Å². The minimum atomic E-state index is -1.11. The van der Waals surface area contributed by atoms with Crippen LogP contribution in [0.25, 0.3) is 16.8 Å². The summed E-state index contributed by atoms with van der Waals surface area (Å²) in [6.45, 7) is 1.81. The number of hydrogen-bond donors (Lipinski definition) is 3. The number of aromatic nitrogens is 3. The summed E-state index contributed by atoms with van der Waals surface area (Å²) in [4.78, 5) is 29.6. The maximum Gasteiger partial charge on any atom is 0.356 e. The molecule has 4 N–H and O–H groups in total. The number of carboxylic acid groups (broad SMARTS) is 1. The van der Waals surface area contributed by atoms with Crippen LogP contribution in [0.4, 0.5) is 10.8 Å². The monoisotopic (exact) mass is 301 g/mol. The molecule has 0 saturated heterocycles. The molecule has 1 aromatic carbocycles. The molecular formula is C13H11N5O4. The van der Waals surface area contributed by atoms with Crippen LogP contribution in [-0.2, 0) is 0 Å². The summed E-state index contributed by atoms with van der Waals surface area (Å²) in [6, 6.07) is 2.70. The molecule has 0 aliphatic carbocycles. The number of fused-ring (bicyclic) bond motifs is 1. The zero-order chi connectivity index (χ0) is 15.9. The number of amides is 2. The number of urea groups is 1. The summed E-state index contributed by atoms with van der Waals surface area (Å²) in [5, 5.41) is 11.2. The molecular weight excluding hydrogens is 290 g/mol. The molecule has 0 aliphatic rings. The molecule has 22 heavy (non-hydrogen) atoms. The van der Waals surface area contributed by atoms with Crippen LogP contribution in [0, 0.1) is 6.92 Å². The molecule has 0 unspecified atom stereocenters. The third-order valence-corrected chi connectivity index (χ3v) is 2.99. The molecule has 9 heteroatoms. The molecule has 0 saturated carbocycles. The number of benzene rings is 1. The van der Waals surface area contributed by atoms with Gasteiger partial charge < -0.3 is 19.8 Å². The lowest BCUT2D eigenvalue weighted by molar-refractivity contribution is 0.0691. The third-order valence-electron chi connectivity index (χ3n) is 2.99. The number of primary amides is 1. The van der Waals surface area contributed by atoms with Crippen molar-refractivity contribution in [1.29, 1.82) is 0 Å². The van der Waals surface area contributed by atoms with Crippen LogP contribution >= 0.6 is 0 Å². The van der Waals surface area contributed by atoms with Crippen LogP contribution in [0.2, 0.25) is 0 Å². The van der Waals surface area contributed by atoms with Gasteiger partial charge in [0.05, 0.1) is 0 Å². The van der Waals surface area contributed by atoms with Crippen molar-refractivity contribution in [3.8, 4) is 5.69 Å². The number of aromatic carboxylic acids is 1. The van der Waals surface area contributed by atoms with Crippen molar-refractivity contribution in [1.82, 2.24) is 14.5 Å². The first-order chi connectivity index (χ1) is 10.4. The fraction of sp³-hybridized carbons (Fsp3) is 0.0769. The number of carbonyl (C=O) groups is 2. The Morgan fingerprint density at radius 3 is 2.82 bits per heavy atom. The molecule has 112 valence electrons. The van der Waals surface area contributed by atoms with E-state index in [-0.39, 0.29) is 11.7 Å². The molecule has 2 amide bonds.